The molecule has 0 bridgehead atoms. The van der Waals surface area contributed by atoms with Gasteiger partial charge in [0.1, 0.15) is 0 Å². The van der Waals surface area contributed by atoms with E-state index in [1.165, 1.54) is 37.9 Å². The molecule has 5 nitrogen and oxygen atoms in total. The molecule has 1 aromatic carbocycles. The topological polar surface area (TPSA) is 63.7 Å². The lowest BCUT2D eigenvalue weighted by molar-refractivity contribution is 0.128. The summed E-state index contributed by atoms with van der Waals surface area (Å²) < 4.78 is 0. The summed E-state index contributed by atoms with van der Waals surface area (Å²) in [6.45, 7) is 5.85. The first-order chi connectivity index (χ1) is 12.7. The molecule has 0 aliphatic carbocycles. The number of thiazole rings is 1. The fourth-order valence-corrected chi connectivity index (χ4v) is 4.05. The third-order valence-electron chi connectivity index (χ3n) is 4.52. The molecule has 1 saturated heterocycles. The molecule has 140 valence electrons. The van der Waals surface area contributed by atoms with Gasteiger partial charge in [-0.2, -0.15) is 0 Å². The standard InChI is InChI=1S/C20H28N4OS/c1-2-7-19-22-18(15-26-19)14-25-23-20(21)17-9-6-8-16(12-17)13-24-10-4-3-5-11-24/h6,8-9,12,15H,2-5,7,10-11,13-14H2,1H3,(H2,21,23). The summed E-state index contributed by atoms with van der Waals surface area (Å²) in [5.41, 5.74) is 9.20. The van der Waals surface area contributed by atoms with Crippen LogP contribution >= 0.6 is 11.3 Å². The zero-order valence-electron chi connectivity index (χ0n) is 15.5. The number of hydrogen-bond donors (Lipinski definition) is 1. The van der Waals surface area contributed by atoms with Gasteiger partial charge in [-0.1, -0.05) is 36.7 Å². The lowest BCUT2D eigenvalue weighted by Crippen LogP contribution is -2.29. The van der Waals surface area contributed by atoms with Crippen LogP contribution in [0.1, 0.15) is 54.4 Å². The number of rotatable bonds is 8. The van der Waals surface area contributed by atoms with Crippen LogP contribution < -0.4 is 5.73 Å². The first kappa shape index (κ1) is 18.9. The third-order valence-corrected chi connectivity index (χ3v) is 5.47. The average Bonchev–Trinajstić information content (AvgIpc) is 3.10. The van der Waals surface area contributed by atoms with E-state index in [1.807, 2.05) is 17.5 Å². The van der Waals surface area contributed by atoms with Gasteiger partial charge in [-0.15, -0.1) is 11.3 Å². The van der Waals surface area contributed by atoms with Gasteiger partial charge in [0.2, 0.25) is 0 Å². The molecule has 6 heteroatoms. The molecule has 0 unspecified atom stereocenters. The van der Waals surface area contributed by atoms with Crippen molar-refractivity contribution in [3.8, 4) is 0 Å². The highest BCUT2D eigenvalue weighted by molar-refractivity contribution is 7.09. The third kappa shape index (κ3) is 5.54. The number of nitrogens with zero attached hydrogens (tertiary/aromatic N) is 3. The van der Waals surface area contributed by atoms with Crippen molar-refractivity contribution < 1.29 is 4.84 Å². The Kier molecular flexibility index (Phi) is 7.03. The Balaban J connectivity index is 1.55. The fourth-order valence-electron chi connectivity index (χ4n) is 3.17. The molecule has 0 atom stereocenters. The fraction of sp³-hybridized carbons (Fsp3) is 0.500. The van der Waals surface area contributed by atoms with E-state index in [9.17, 15) is 0 Å². The first-order valence-electron chi connectivity index (χ1n) is 9.45. The predicted octanol–water partition coefficient (Wildman–Crippen LogP) is 3.92. The van der Waals surface area contributed by atoms with Crippen molar-refractivity contribution >= 4 is 17.2 Å². The number of hydrogen-bond acceptors (Lipinski definition) is 5. The summed E-state index contributed by atoms with van der Waals surface area (Å²) in [7, 11) is 0. The first-order valence-corrected chi connectivity index (χ1v) is 10.3. The van der Waals surface area contributed by atoms with E-state index < -0.39 is 0 Å². The van der Waals surface area contributed by atoms with Crippen molar-refractivity contribution in [2.75, 3.05) is 13.1 Å². The highest BCUT2D eigenvalue weighted by Crippen LogP contribution is 2.15. The van der Waals surface area contributed by atoms with Crippen LogP contribution in [0.5, 0.6) is 0 Å². The summed E-state index contributed by atoms with van der Waals surface area (Å²) >= 11 is 1.67. The van der Waals surface area contributed by atoms with Crippen LogP contribution in [-0.2, 0) is 24.4 Å². The molecule has 1 aromatic heterocycles. The second-order valence-electron chi connectivity index (χ2n) is 6.77. The van der Waals surface area contributed by atoms with Gasteiger partial charge < -0.3 is 10.6 Å². The Morgan fingerprint density at radius 2 is 2.15 bits per heavy atom. The van der Waals surface area contributed by atoms with Crippen LogP contribution in [0.4, 0.5) is 0 Å². The number of benzene rings is 1. The number of nitrogens with two attached hydrogens (primary N) is 1. The Morgan fingerprint density at radius 3 is 2.96 bits per heavy atom. The van der Waals surface area contributed by atoms with Crippen molar-refractivity contribution in [3.63, 3.8) is 0 Å². The summed E-state index contributed by atoms with van der Waals surface area (Å²) in [4.78, 5) is 12.4. The number of piperidine rings is 1. The Morgan fingerprint density at radius 1 is 1.31 bits per heavy atom. The monoisotopic (exact) mass is 372 g/mol. The number of aromatic nitrogens is 1. The van der Waals surface area contributed by atoms with Crippen molar-refractivity contribution in [3.05, 3.63) is 51.5 Å². The summed E-state index contributed by atoms with van der Waals surface area (Å²) in [5.74, 6) is 0.412. The molecule has 0 saturated carbocycles. The second kappa shape index (κ2) is 9.69. The lowest BCUT2D eigenvalue weighted by atomic mass is 10.1. The second-order valence-corrected chi connectivity index (χ2v) is 7.71. The van der Waals surface area contributed by atoms with E-state index >= 15 is 0 Å². The van der Waals surface area contributed by atoms with Gasteiger partial charge in [0.25, 0.3) is 0 Å². The molecule has 1 aliphatic heterocycles. The van der Waals surface area contributed by atoms with Crippen LogP contribution in [0, 0.1) is 0 Å². The molecule has 2 aromatic rings. The SMILES string of the molecule is CCCc1nc(CO/N=C(/N)c2cccc(CN3CCCCC3)c2)cs1. The van der Waals surface area contributed by atoms with Crippen LogP contribution in [-0.4, -0.2) is 28.8 Å². The molecule has 1 fully saturated rings. The minimum Gasteiger partial charge on any atom is -0.388 e. The minimum absolute atomic E-state index is 0.356. The molecule has 26 heavy (non-hydrogen) atoms. The number of oxime groups is 1. The molecular weight excluding hydrogens is 344 g/mol. The van der Waals surface area contributed by atoms with Crippen LogP contribution in [0.25, 0.3) is 0 Å². The van der Waals surface area contributed by atoms with E-state index in [0.717, 1.165) is 35.7 Å². The highest BCUT2D eigenvalue weighted by atomic mass is 32.1. The number of amidine groups is 1. The van der Waals surface area contributed by atoms with Gasteiger partial charge in [-0.25, -0.2) is 4.98 Å². The molecule has 0 amide bonds. The van der Waals surface area contributed by atoms with Crippen LogP contribution in [0.15, 0.2) is 34.8 Å². The number of likely N-dealkylation sites (tertiary alicyclic amines) is 1. The van der Waals surface area contributed by atoms with Gasteiger partial charge in [-0.3, -0.25) is 4.90 Å². The van der Waals surface area contributed by atoms with Gasteiger partial charge in [0.05, 0.1) is 10.7 Å². The molecular formula is C20H28N4OS. The zero-order valence-corrected chi connectivity index (χ0v) is 16.3. The zero-order chi connectivity index (χ0) is 18.2. The molecule has 1 aliphatic rings. The molecule has 3 rings (SSSR count). The van der Waals surface area contributed by atoms with E-state index in [2.05, 4.69) is 34.1 Å². The highest BCUT2D eigenvalue weighted by Gasteiger charge is 2.11. The maximum absolute atomic E-state index is 6.11. The smallest absolute Gasteiger partial charge is 0.170 e. The molecule has 2 heterocycles. The number of aryl methyl sites for hydroxylation is 1. The maximum atomic E-state index is 6.11. The molecule has 0 spiro atoms. The Hall–Kier alpha value is -1.92. The summed E-state index contributed by atoms with van der Waals surface area (Å²) in [6, 6.07) is 8.27. The quantitative estimate of drug-likeness (QED) is 0.433. The van der Waals surface area contributed by atoms with E-state index in [0.29, 0.717) is 12.4 Å². The van der Waals surface area contributed by atoms with Crippen molar-refractivity contribution in [1.82, 2.24) is 9.88 Å². The Labute approximate surface area is 159 Å². The lowest BCUT2D eigenvalue weighted by Gasteiger charge is -2.26. The van der Waals surface area contributed by atoms with Gasteiger partial charge in [0, 0.05) is 17.5 Å². The van der Waals surface area contributed by atoms with E-state index in [1.54, 1.807) is 11.3 Å². The van der Waals surface area contributed by atoms with E-state index in [4.69, 9.17) is 10.6 Å². The molecule has 2 N–H and O–H groups in total. The van der Waals surface area contributed by atoms with Gasteiger partial charge >= 0.3 is 0 Å². The van der Waals surface area contributed by atoms with Crippen molar-refractivity contribution in [1.29, 1.82) is 0 Å². The van der Waals surface area contributed by atoms with Crippen molar-refractivity contribution in [2.24, 2.45) is 10.9 Å². The predicted molar refractivity (Wildman–Crippen MR) is 107 cm³/mol. The Bertz CT molecular complexity index is 722. The van der Waals surface area contributed by atoms with Crippen LogP contribution in [0.2, 0.25) is 0 Å². The summed E-state index contributed by atoms with van der Waals surface area (Å²) in [6.07, 6.45) is 6.07. The van der Waals surface area contributed by atoms with Crippen molar-refractivity contribution in [2.45, 2.75) is 52.2 Å². The van der Waals surface area contributed by atoms with Crippen LogP contribution in [0.3, 0.4) is 0 Å². The minimum atomic E-state index is 0.356. The normalized spacial score (nSPS) is 16.0. The molecule has 0 radical (unpaired) electrons. The average molecular weight is 373 g/mol. The maximum Gasteiger partial charge on any atom is 0.170 e. The largest absolute Gasteiger partial charge is 0.388 e. The van der Waals surface area contributed by atoms with Gasteiger partial charge in [-0.05, 0) is 50.4 Å². The summed E-state index contributed by atoms with van der Waals surface area (Å²) in [5, 5.41) is 7.25. The van der Waals surface area contributed by atoms with E-state index in [-0.39, 0.29) is 0 Å². The van der Waals surface area contributed by atoms with Gasteiger partial charge in [0.15, 0.2) is 12.4 Å².